The lowest BCUT2D eigenvalue weighted by molar-refractivity contribution is 0.0661. The summed E-state index contributed by atoms with van der Waals surface area (Å²) < 4.78 is 5.28. The van der Waals surface area contributed by atoms with E-state index in [4.69, 9.17) is 9.52 Å². The van der Waals surface area contributed by atoms with Gasteiger partial charge in [-0.05, 0) is 0 Å². The molecule has 0 saturated carbocycles. The molecule has 0 atom stereocenters. The van der Waals surface area contributed by atoms with Gasteiger partial charge in [-0.3, -0.25) is 0 Å². The first-order chi connectivity index (χ1) is 8.09. The molecule has 88 valence electrons. The van der Waals surface area contributed by atoms with Crippen molar-refractivity contribution in [2.24, 2.45) is 0 Å². The smallest absolute Gasteiger partial charge is 0.374 e. The molecule has 0 aliphatic rings. The molecule has 17 heavy (non-hydrogen) atoms. The fourth-order valence-corrected chi connectivity index (χ4v) is 1.52. The van der Waals surface area contributed by atoms with Crippen LogP contribution in [0.15, 0.2) is 34.7 Å². The lowest BCUT2D eigenvalue weighted by atomic mass is 10.1. The van der Waals surface area contributed by atoms with Gasteiger partial charge in [0.15, 0.2) is 5.89 Å². The van der Waals surface area contributed by atoms with Gasteiger partial charge in [0.1, 0.15) is 5.69 Å². The summed E-state index contributed by atoms with van der Waals surface area (Å²) in [5.74, 6) is -0.685. The Morgan fingerprint density at radius 2 is 1.94 bits per heavy atom. The largest absolute Gasteiger partial charge is 0.475 e. The van der Waals surface area contributed by atoms with Crippen LogP contribution >= 0.6 is 0 Å². The van der Waals surface area contributed by atoms with Crippen LogP contribution < -0.4 is 0 Å². The zero-order valence-electron chi connectivity index (χ0n) is 9.68. The molecule has 1 aromatic carbocycles. The molecule has 1 heterocycles. The fraction of sp³-hybridized carbons (Fsp3) is 0.231. The first-order valence-corrected chi connectivity index (χ1v) is 5.39. The second-order valence-corrected chi connectivity index (χ2v) is 4.06. The van der Waals surface area contributed by atoms with Gasteiger partial charge in [0.2, 0.25) is 5.76 Å². The summed E-state index contributed by atoms with van der Waals surface area (Å²) in [5.41, 5.74) is 1.14. The van der Waals surface area contributed by atoms with Gasteiger partial charge in [-0.25, -0.2) is 9.78 Å². The number of carbonyl (C=O) groups is 1. The van der Waals surface area contributed by atoms with E-state index in [0.717, 1.165) is 5.56 Å². The normalized spacial score (nSPS) is 10.8. The molecule has 0 aliphatic heterocycles. The molecule has 4 nitrogen and oxygen atoms in total. The van der Waals surface area contributed by atoms with Gasteiger partial charge in [0, 0.05) is 11.5 Å². The van der Waals surface area contributed by atoms with Crippen molar-refractivity contribution in [2.75, 3.05) is 0 Å². The first-order valence-electron chi connectivity index (χ1n) is 5.39. The van der Waals surface area contributed by atoms with Gasteiger partial charge < -0.3 is 9.52 Å². The molecular formula is C13H13NO3. The molecule has 0 saturated heterocycles. The highest BCUT2D eigenvalue weighted by atomic mass is 16.4. The predicted molar refractivity (Wildman–Crippen MR) is 63.0 cm³/mol. The van der Waals surface area contributed by atoms with E-state index < -0.39 is 5.97 Å². The topological polar surface area (TPSA) is 63.3 Å². The van der Waals surface area contributed by atoms with Crippen LogP contribution in [-0.2, 0) is 0 Å². The molecule has 1 aromatic heterocycles. The number of aromatic nitrogens is 1. The van der Waals surface area contributed by atoms with Crippen LogP contribution in [0, 0.1) is 0 Å². The van der Waals surface area contributed by atoms with E-state index in [-0.39, 0.29) is 11.7 Å². The quantitative estimate of drug-likeness (QED) is 0.881. The molecule has 0 radical (unpaired) electrons. The Hall–Kier alpha value is -2.10. The third-order valence-corrected chi connectivity index (χ3v) is 2.38. The van der Waals surface area contributed by atoms with Crippen molar-refractivity contribution in [1.82, 2.24) is 4.98 Å². The highest BCUT2D eigenvalue weighted by Crippen LogP contribution is 2.26. The SMILES string of the molecule is CC(C)c1nc(-c2ccccc2)c(C(=O)O)o1. The average molecular weight is 231 g/mol. The van der Waals surface area contributed by atoms with Gasteiger partial charge in [-0.1, -0.05) is 44.2 Å². The van der Waals surface area contributed by atoms with Gasteiger partial charge >= 0.3 is 5.97 Å². The van der Waals surface area contributed by atoms with Crippen LogP contribution in [-0.4, -0.2) is 16.1 Å². The van der Waals surface area contributed by atoms with Gasteiger partial charge in [-0.2, -0.15) is 0 Å². The standard InChI is InChI=1S/C13H13NO3/c1-8(2)12-14-10(11(17-12)13(15)16)9-6-4-3-5-7-9/h3-8H,1-2H3,(H,15,16). The summed E-state index contributed by atoms with van der Waals surface area (Å²) in [4.78, 5) is 15.4. The van der Waals surface area contributed by atoms with E-state index >= 15 is 0 Å². The maximum absolute atomic E-state index is 11.1. The Morgan fingerprint density at radius 3 is 2.47 bits per heavy atom. The molecule has 1 N–H and O–H groups in total. The Balaban J connectivity index is 2.56. The lowest BCUT2D eigenvalue weighted by Gasteiger charge is -1.95. The number of rotatable bonds is 3. The number of hydrogen-bond donors (Lipinski definition) is 1. The second kappa shape index (κ2) is 4.41. The van der Waals surface area contributed by atoms with Gasteiger partial charge in [0.25, 0.3) is 0 Å². The summed E-state index contributed by atoms with van der Waals surface area (Å²) >= 11 is 0. The van der Waals surface area contributed by atoms with Crippen molar-refractivity contribution in [2.45, 2.75) is 19.8 Å². The number of carboxylic acid groups (broad SMARTS) is 1. The molecule has 0 bridgehead atoms. The Labute approximate surface area is 98.9 Å². The van der Waals surface area contributed by atoms with Crippen molar-refractivity contribution in [3.63, 3.8) is 0 Å². The Bertz CT molecular complexity index is 529. The van der Waals surface area contributed by atoms with Crippen LogP contribution in [0.3, 0.4) is 0 Å². The molecule has 2 rings (SSSR count). The summed E-state index contributed by atoms with van der Waals surface area (Å²) in [5, 5.41) is 9.09. The van der Waals surface area contributed by atoms with E-state index in [1.165, 1.54) is 0 Å². The monoisotopic (exact) mass is 231 g/mol. The Kier molecular flexibility index (Phi) is 2.95. The van der Waals surface area contributed by atoms with E-state index in [1.807, 2.05) is 44.2 Å². The molecule has 0 unspecified atom stereocenters. The van der Waals surface area contributed by atoms with Crippen molar-refractivity contribution >= 4 is 5.97 Å². The number of aromatic carboxylic acids is 1. The van der Waals surface area contributed by atoms with Crippen LogP contribution in [0.25, 0.3) is 11.3 Å². The molecular weight excluding hydrogens is 218 g/mol. The van der Waals surface area contributed by atoms with E-state index in [9.17, 15) is 4.79 Å². The van der Waals surface area contributed by atoms with Crippen molar-refractivity contribution < 1.29 is 14.3 Å². The van der Waals surface area contributed by atoms with Gasteiger partial charge in [0.05, 0.1) is 0 Å². The summed E-state index contributed by atoms with van der Waals surface area (Å²) in [6, 6.07) is 9.17. The molecule has 4 heteroatoms. The minimum Gasteiger partial charge on any atom is -0.475 e. The Morgan fingerprint density at radius 1 is 1.29 bits per heavy atom. The minimum absolute atomic E-state index is 0.0607. The molecule has 0 aliphatic carbocycles. The number of hydrogen-bond acceptors (Lipinski definition) is 3. The van der Waals surface area contributed by atoms with Crippen LogP contribution in [0.5, 0.6) is 0 Å². The summed E-state index contributed by atoms with van der Waals surface area (Å²) in [6.45, 7) is 3.82. The molecule has 0 fully saturated rings. The number of benzene rings is 1. The molecule has 0 amide bonds. The van der Waals surface area contributed by atoms with Crippen molar-refractivity contribution in [3.8, 4) is 11.3 Å². The first kappa shape index (κ1) is 11.4. The second-order valence-electron chi connectivity index (χ2n) is 4.06. The molecule has 2 aromatic rings. The van der Waals surface area contributed by atoms with Gasteiger partial charge in [-0.15, -0.1) is 0 Å². The average Bonchev–Trinajstić information content (AvgIpc) is 2.75. The zero-order chi connectivity index (χ0) is 12.4. The number of nitrogens with zero attached hydrogens (tertiary/aromatic N) is 1. The van der Waals surface area contributed by atoms with Crippen molar-refractivity contribution in [1.29, 1.82) is 0 Å². The maximum Gasteiger partial charge on any atom is 0.374 e. The highest BCUT2D eigenvalue weighted by molar-refractivity contribution is 5.91. The third kappa shape index (κ3) is 2.20. The minimum atomic E-state index is -1.09. The molecule has 0 spiro atoms. The van der Waals surface area contributed by atoms with Crippen LogP contribution in [0.4, 0.5) is 0 Å². The fourth-order valence-electron chi connectivity index (χ4n) is 1.52. The zero-order valence-corrected chi connectivity index (χ0v) is 9.68. The van der Waals surface area contributed by atoms with E-state index in [1.54, 1.807) is 0 Å². The third-order valence-electron chi connectivity index (χ3n) is 2.38. The maximum atomic E-state index is 11.1. The number of carboxylic acids is 1. The lowest BCUT2D eigenvalue weighted by Crippen LogP contribution is -1.96. The highest BCUT2D eigenvalue weighted by Gasteiger charge is 2.21. The summed E-state index contributed by atoms with van der Waals surface area (Å²) in [6.07, 6.45) is 0. The predicted octanol–water partition coefficient (Wildman–Crippen LogP) is 3.16. The van der Waals surface area contributed by atoms with Crippen molar-refractivity contribution in [3.05, 3.63) is 42.0 Å². The van der Waals surface area contributed by atoms with Crippen LogP contribution in [0.2, 0.25) is 0 Å². The van der Waals surface area contributed by atoms with Crippen LogP contribution in [0.1, 0.15) is 36.2 Å². The summed E-state index contributed by atoms with van der Waals surface area (Å²) in [7, 11) is 0. The van der Waals surface area contributed by atoms with E-state index in [2.05, 4.69) is 4.98 Å². The number of oxazole rings is 1. The van der Waals surface area contributed by atoms with E-state index in [0.29, 0.717) is 11.6 Å².